The van der Waals surface area contributed by atoms with Gasteiger partial charge in [-0.3, -0.25) is 4.79 Å². The van der Waals surface area contributed by atoms with E-state index in [-0.39, 0.29) is 17.5 Å². The molecule has 0 bridgehead atoms. The van der Waals surface area contributed by atoms with Crippen molar-refractivity contribution in [3.63, 3.8) is 0 Å². The second-order valence-electron chi connectivity index (χ2n) is 4.79. The molecule has 1 atom stereocenters. The summed E-state index contributed by atoms with van der Waals surface area (Å²) in [4.78, 5) is 11.8. The van der Waals surface area contributed by atoms with Crippen LogP contribution in [0.25, 0.3) is 0 Å². The summed E-state index contributed by atoms with van der Waals surface area (Å²) in [6.07, 6.45) is 3.45. The Balaban J connectivity index is 2.00. The summed E-state index contributed by atoms with van der Waals surface area (Å²) in [5.74, 6) is -0.186. The molecular formula is C13H17FN2O. The fourth-order valence-electron chi connectivity index (χ4n) is 1.93. The number of anilines is 1. The molecule has 3 N–H and O–H groups in total. The lowest BCUT2D eigenvalue weighted by Crippen LogP contribution is -2.33. The van der Waals surface area contributed by atoms with E-state index in [1.54, 1.807) is 0 Å². The van der Waals surface area contributed by atoms with Crippen LogP contribution in [0.3, 0.4) is 0 Å². The fraction of sp³-hybridized carbons (Fsp3) is 0.462. The van der Waals surface area contributed by atoms with Gasteiger partial charge in [-0.05, 0) is 37.5 Å². The molecule has 17 heavy (non-hydrogen) atoms. The number of nitrogen functional groups attached to an aromatic ring is 1. The molecule has 0 saturated heterocycles. The molecule has 1 saturated carbocycles. The van der Waals surface area contributed by atoms with Crippen molar-refractivity contribution < 1.29 is 9.18 Å². The minimum atomic E-state index is -0.532. The molecule has 1 fully saturated rings. The molecule has 1 aromatic carbocycles. The fourth-order valence-corrected chi connectivity index (χ4v) is 1.93. The summed E-state index contributed by atoms with van der Waals surface area (Å²) in [5.41, 5.74) is 5.96. The molecule has 92 valence electrons. The van der Waals surface area contributed by atoms with E-state index in [2.05, 4.69) is 5.32 Å². The van der Waals surface area contributed by atoms with Crippen molar-refractivity contribution in [2.75, 3.05) is 5.73 Å². The Kier molecular flexibility index (Phi) is 3.31. The molecule has 0 aromatic heterocycles. The average Bonchev–Trinajstić information content (AvgIpc) is 3.05. The Hall–Kier alpha value is -1.58. The summed E-state index contributed by atoms with van der Waals surface area (Å²) < 4.78 is 13.4. The van der Waals surface area contributed by atoms with Crippen molar-refractivity contribution in [1.29, 1.82) is 0 Å². The van der Waals surface area contributed by atoms with Gasteiger partial charge >= 0.3 is 0 Å². The van der Waals surface area contributed by atoms with Crippen LogP contribution >= 0.6 is 0 Å². The van der Waals surface area contributed by atoms with Crippen molar-refractivity contribution in [2.45, 2.75) is 32.2 Å². The van der Waals surface area contributed by atoms with E-state index < -0.39 is 5.82 Å². The number of benzene rings is 1. The van der Waals surface area contributed by atoms with Crippen molar-refractivity contribution in [3.05, 3.63) is 29.6 Å². The SMILES string of the molecule is CC(CC1CC1)NC(=O)c1cc(N)ccc1F. The summed E-state index contributed by atoms with van der Waals surface area (Å²) in [7, 11) is 0. The number of amides is 1. The van der Waals surface area contributed by atoms with Gasteiger partial charge in [-0.2, -0.15) is 0 Å². The van der Waals surface area contributed by atoms with Gasteiger partial charge in [0.15, 0.2) is 0 Å². The van der Waals surface area contributed by atoms with E-state index in [1.807, 2.05) is 6.92 Å². The zero-order chi connectivity index (χ0) is 12.4. The van der Waals surface area contributed by atoms with Crippen LogP contribution in [-0.2, 0) is 0 Å². The predicted octanol–water partition coefficient (Wildman–Crippen LogP) is 2.33. The van der Waals surface area contributed by atoms with Gasteiger partial charge in [-0.1, -0.05) is 12.8 Å². The lowest BCUT2D eigenvalue weighted by Gasteiger charge is -2.13. The summed E-state index contributed by atoms with van der Waals surface area (Å²) in [6, 6.07) is 4.11. The highest BCUT2D eigenvalue weighted by Crippen LogP contribution is 2.33. The third-order valence-electron chi connectivity index (χ3n) is 3.00. The monoisotopic (exact) mass is 236 g/mol. The van der Waals surface area contributed by atoms with E-state index in [0.29, 0.717) is 5.69 Å². The minimum absolute atomic E-state index is 0.0210. The Morgan fingerprint density at radius 2 is 2.29 bits per heavy atom. The maximum Gasteiger partial charge on any atom is 0.254 e. The zero-order valence-corrected chi connectivity index (χ0v) is 9.87. The molecule has 3 nitrogen and oxygen atoms in total. The van der Waals surface area contributed by atoms with Gasteiger partial charge in [0.05, 0.1) is 5.56 Å². The molecule has 0 aliphatic heterocycles. The second-order valence-corrected chi connectivity index (χ2v) is 4.79. The molecule has 1 unspecified atom stereocenters. The molecule has 2 rings (SSSR count). The first kappa shape index (κ1) is 11.9. The highest BCUT2D eigenvalue weighted by atomic mass is 19.1. The maximum atomic E-state index is 13.4. The number of rotatable bonds is 4. The molecule has 0 spiro atoms. The number of carbonyl (C=O) groups excluding carboxylic acids is 1. The average molecular weight is 236 g/mol. The topological polar surface area (TPSA) is 55.1 Å². The molecule has 0 heterocycles. The quantitative estimate of drug-likeness (QED) is 0.788. The van der Waals surface area contributed by atoms with Gasteiger partial charge in [0.25, 0.3) is 5.91 Å². The Morgan fingerprint density at radius 3 is 2.94 bits per heavy atom. The van der Waals surface area contributed by atoms with Crippen LogP contribution in [0.15, 0.2) is 18.2 Å². The van der Waals surface area contributed by atoms with Crippen molar-refractivity contribution >= 4 is 11.6 Å². The summed E-state index contributed by atoms with van der Waals surface area (Å²) in [5, 5.41) is 2.80. The van der Waals surface area contributed by atoms with Crippen LogP contribution in [0.1, 0.15) is 36.5 Å². The third kappa shape index (κ3) is 3.19. The number of hydrogen-bond acceptors (Lipinski definition) is 2. The standard InChI is InChI=1S/C13H17FN2O/c1-8(6-9-2-3-9)16-13(17)11-7-10(15)4-5-12(11)14/h4-5,7-9H,2-3,6,15H2,1H3,(H,16,17). The summed E-state index contributed by atoms with van der Waals surface area (Å²) >= 11 is 0. The number of halogens is 1. The van der Waals surface area contributed by atoms with Crippen LogP contribution in [-0.4, -0.2) is 11.9 Å². The van der Waals surface area contributed by atoms with Crippen LogP contribution in [0.4, 0.5) is 10.1 Å². The van der Waals surface area contributed by atoms with Gasteiger partial charge in [0.2, 0.25) is 0 Å². The molecular weight excluding hydrogens is 219 g/mol. The number of hydrogen-bond donors (Lipinski definition) is 2. The largest absolute Gasteiger partial charge is 0.399 e. The first-order valence-corrected chi connectivity index (χ1v) is 5.92. The predicted molar refractivity (Wildman–Crippen MR) is 65.1 cm³/mol. The maximum absolute atomic E-state index is 13.4. The van der Waals surface area contributed by atoms with Gasteiger partial charge in [-0.25, -0.2) is 4.39 Å². The van der Waals surface area contributed by atoms with Gasteiger partial charge in [0, 0.05) is 11.7 Å². The number of nitrogens with two attached hydrogens (primary N) is 1. The molecule has 0 radical (unpaired) electrons. The highest BCUT2D eigenvalue weighted by Gasteiger charge is 2.24. The lowest BCUT2D eigenvalue weighted by molar-refractivity contribution is 0.0933. The van der Waals surface area contributed by atoms with Gasteiger partial charge in [-0.15, -0.1) is 0 Å². The van der Waals surface area contributed by atoms with Gasteiger partial charge in [0.1, 0.15) is 5.82 Å². The zero-order valence-electron chi connectivity index (χ0n) is 9.87. The number of nitrogens with one attached hydrogen (secondary N) is 1. The smallest absolute Gasteiger partial charge is 0.254 e. The third-order valence-corrected chi connectivity index (χ3v) is 3.00. The molecule has 1 aliphatic rings. The normalized spacial score (nSPS) is 16.6. The molecule has 1 aromatic rings. The van der Waals surface area contributed by atoms with E-state index in [4.69, 9.17) is 5.73 Å². The van der Waals surface area contributed by atoms with Crippen molar-refractivity contribution in [1.82, 2.24) is 5.32 Å². The Morgan fingerprint density at radius 1 is 1.59 bits per heavy atom. The Bertz CT molecular complexity index is 429. The van der Waals surface area contributed by atoms with E-state index >= 15 is 0 Å². The van der Waals surface area contributed by atoms with Crippen molar-refractivity contribution in [2.24, 2.45) is 5.92 Å². The summed E-state index contributed by atoms with van der Waals surface area (Å²) in [6.45, 7) is 1.94. The minimum Gasteiger partial charge on any atom is -0.399 e. The van der Waals surface area contributed by atoms with E-state index in [0.717, 1.165) is 12.3 Å². The Labute approximate surface area is 100 Å². The van der Waals surface area contributed by atoms with E-state index in [1.165, 1.54) is 31.0 Å². The first-order chi connectivity index (χ1) is 8.06. The van der Waals surface area contributed by atoms with Crippen LogP contribution in [0.5, 0.6) is 0 Å². The van der Waals surface area contributed by atoms with Crippen molar-refractivity contribution in [3.8, 4) is 0 Å². The molecule has 1 aliphatic carbocycles. The van der Waals surface area contributed by atoms with Crippen LogP contribution in [0, 0.1) is 11.7 Å². The van der Waals surface area contributed by atoms with Gasteiger partial charge < -0.3 is 11.1 Å². The number of carbonyl (C=O) groups is 1. The van der Waals surface area contributed by atoms with E-state index in [9.17, 15) is 9.18 Å². The highest BCUT2D eigenvalue weighted by molar-refractivity contribution is 5.95. The molecule has 4 heteroatoms. The first-order valence-electron chi connectivity index (χ1n) is 5.92. The van der Waals surface area contributed by atoms with Crippen LogP contribution < -0.4 is 11.1 Å². The lowest BCUT2D eigenvalue weighted by atomic mass is 10.1. The molecule has 1 amide bonds. The second kappa shape index (κ2) is 4.73. The van der Waals surface area contributed by atoms with Crippen LogP contribution in [0.2, 0.25) is 0 Å².